The minimum atomic E-state index is 0.0954. The first kappa shape index (κ1) is 14.3. The molecular formula is C17H21NO2. The number of ether oxygens (including phenoxy) is 2. The summed E-state index contributed by atoms with van der Waals surface area (Å²) in [7, 11) is 1.59. The fraction of sp³-hybridized carbons (Fsp3) is 0.294. The predicted molar refractivity (Wildman–Crippen MR) is 82.6 cm³/mol. The fourth-order valence-electron chi connectivity index (χ4n) is 1.92. The van der Waals surface area contributed by atoms with Crippen LogP contribution in [0.1, 0.15) is 26.3 Å². The topological polar surface area (TPSA) is 44.5 Å². The Morgan fingerprint density at radius 1 is 0.950 bits per heavy atom. The first-order valence-corrected chi connectivity index (χ1v) is 6.62. The Morgan fingerprint density at radius 3 is 2.30 bits per heavy atom. The third kappa shape index (κ3) is 3.23. The molecule has 2 aromatic carbocycles. The molecule has 0 saturated heterocycles. The van der Waals surface area contributed by atoms with Gasteiger partial charge in [-0.05, 0) is 35.2 Å². The number of methoxy groups -OCH3 is 1. The van der Waals surface area contributed by atoms with Crippen LogP contribution in [0.4, 0.5) is 5.69 Å². The molecule has 0 amide bonds. The number of rotatable bonds is 3. The van der Waals surface area contributed by atoms with Crippen molar-refractivity contribution in [2.45, 2.75) is 26.2 Å². The quantitative estimate of drug-likeness (QED) is 0.843. The zero-order valence-electron chi connectivity index (χ0n) is 12.4. The van der Waals surface area contributed by atoms with Crippen LogP contribution in [-0.2, 0) is 5.41 Å². The van der Waals surface area contributed by atoms with E-state index in [1.54, 1.807) is 19.2 Å². The Labute approximate surface area is 120 Å². The van der Waals surface area contributed by atoms with Crippen LogP contribution in [-0.4, -0.2) is 7.11 Å². The van der Waals surface area contributed by atoms with Crippen molar-refractivity contribution in [3.05, 3.63) is 48.0 Å². The lowest BCUT2D eigenvalue weighted by Crippen LogP contribution is -2.10. The second-order valence-corrected chi connectivity index (χ2v) is 5.78. The van der Waals surface area contributed by atoms with E-state index in [9.17, 15) is 0 Å². The smallest absolute Gasteiger partial charge is 0.145 e. The van der Waals surface area contributed by atoms with E-state index in [0.29, 0.717) is 17.2 Å². The van der Waals surface area contributed by atoms with Gasteiger partial charge in [-0.25, -0.2) is 0 Å². The maximum atomic E-state index is 5.88. The summed E-state index contributed by atoms with van der Waals surface area (Å²) < 4.78 is 11.1. The van der Waals surface area contributed by atoms with Crippen LogP contribution in [0, 0.1) is 0 Å². The van der Waals surface area contributed by atoms with Crippen LogP contribution >= 0.6 is 0 Å². The maximum absolute atomic E-state index is 5.88. The molecule has 0 saturated carbocycles. The highest BCUT2D eigenvalue weighted by molar-refractivity contribution is 5.56. The number of nitrogens with two attached hydrogens (primary N) is 1. The SMILES string of the molecule is COc1cc(Oc2cccc(C(C)(C)C)c2)ccc1N. The van der Waals surface area contributed by atoms with Gasteiger partial charge in [-0.15, -0.1) is 0 Å². The molecule has 0 atom stereocenters. The van der Waals surface area contributed by atoms with Gasteiger partial charge in [-0.2, -0.15) is 0 Å². The van der Waals surface area contributed by atoms with Crippen molar-refractivity contribution in [1.29, 1.82) is 0 Å². The minimum Gasteiger partial charge on any atom is -0.494 e. The Bertz CT molecular complexity index is 600. The molecule has 0 unspecified atom stereocenters. The largest absolute Gasteiger partial charge is 0.494 e. The van der Waals surface area contributed by atoms with Crippen LogP contribution in [0.15, 0.2) is 42.5 Å². The van der Waals surface area contributed by atoms with Gasteiger partial charge in [0.1, 0.15) is 17.2 Å². The Morgan fingerprint density at radius 2 is 1.65 bits per heavy atom. The highest BCUT2D eigenvalue weighted by Gasteiger charge is 2.14. The van der Waals surface area contributed by atoms with Crippen molar-refractivity contribution >= 4 is 5.69 Å². The maximum Gasteiger partial charge on any atom is 0.145 e. The standard InChI is InChI=1S/C17H21NO2/c1-17(2,3)12-6-5-7-13(10-12)20-14-8-9-15(18)16(11-14)19-4/h5-11H,18H2,1-4H3. The van der Waals surface area contributed by atoms with Crippen molar-refractivity contribution in [3.8, 4) is 17.2 Å². The number of hydrogen-bond donors (Lipinski definition) is 1. The van der Waals surface area contributed by atoms with E-state index in [1.807, 2.05) is 18.2 Å². The molecule has 3 nitrogen and oxygen atoms in total. The highest BCUT2D eigenvalue weighted by atomic mass is 16.5. The number of nitrogen functional groups attached to an aromatic ring is 1. The fourth-order valence-corrected chi connectivity index (χ4v) is 1.92. The molecule has 0 aliphatic rings. The highest BCUT2D eigenvalue weighted by Crippen LogP contribution is 2.31. The first-order chi connectivity index (χ1) is 9.40. The summed E-state index contributed by atoms with van der Waals surface area (Å²) in [4.78, 5) is 0. The summed E-state index contributed by atoms with van der Waals surface area (Å²) in [5.41, 5.74) is 7.72. The van der Waals surface area contributed by atoms with Crippen LogP contribution < -0.4 is 15.2 Å². The summed E-state index contributed by atoms with van der Waals surface area (Å²) in [6.07, 6.45) is 0. The van der Waals surface area contributed by atoms with E-state index in [1.165, 1.54) is 5.56 Å². The molecule has 0 aliphatic carbocycles. The van der Waals surface area contributed by atoms with Gasteiger partial charge in [0, 0.05) is 6.07 Å². The summed E-state index contributed by atoms with van der Waals surface area (Å²) in [5, 5.41) is 0. The molecule has 2 rings (SSSR count). The van der Waals surface area contributed by atoms with Crippen LogP contribution in [0.25, 0.3) is 0 Å². The van der Waals surface area contributed by atoms with Crippen molar-refractivity contribution in [3.63, 3.8) is 0 Å². The normalized spacial score (nSPS) is 11.2. The van der Waals surface area contributed by atoms with Gasteiger partial charge >= 0.3 is 0 Å². The Hall–Kier alpha value is -2.16. The van der Waals surface area contributed by atoms with Crippen LogP contribution in [0.2, 0.25) is 0 Å². The monoisotopic (exact) mass is 271 g/mol. The lowest BCUT2D eigenvalue weighted by atomic mass is 9.87. The Kier molecular flexibility index (Phi) is 3.89. The van der Waals surface area contributed by atoms with Crippen LogP contribution in [0.3, 0.4) is 0 Å². The van der Waals surface area contributed by atoms with E-state index >= 15 is 0 Å². The zero-order valence-corrected chi connectivity index (χ0v) is 12.4. The summed E-state index contributed by atoms with van der Waals surface area (Å²) in [5.74, 6) is 2.14. The van der Waals surface area contributed by atoms with Crippen molar-refractivity contribution < 1.29 is 9.47 Å². The van der Waals surface area contributed by atoms with E-state index < -0.39 is 0 Å². The van der Waals surface area contributed by atoms with Gasteiger partial charge in [0.25, 0.3) is 0 Å². The first-order valence-electron chi connectivity index (χ1n) is 6.62. The number of anilines is 1. The minimum absolute atomic E-state index is 0.0954. The van der Waals surface area contributed by atoms with Crippen molar-refractivity contribution in [2.75, 3.05) is 12.8 Å². The van der Waals surface area contributed by atoms with E-state index in [0.717, 1.165) is 5.75 Å². The van der Waals surface area contributed by atoms with Crippen molar-refractivity contribution in [1.82, 2.24) is 0 Å². The molecule has 0 radical (unpaired) electrons. The number of benzene rings is 2. The average molecular weight is 271 g/mol. The molecule has 0 spiro atoms. The third-order valence-electron chi connectivity index (χ3n) is 3.14. The molecule has 3 heteroatoms. The molecule has 0 heterocycles. The molecule has 2 aromatic rings. The summed E-state index contributed by atoms with van der Waals surface area (Å²) in [6.45, 7) is 6.54. The second kappa shape index (κ2) is 5.45. The third-order valence-corrected chi connectivity index (χ3v) is 3.14. The molecule has 2 N–H and O–H groups in total. The predicted octanol–water partition coefficient (Wildman–Crippen LogP) is 4.37. The van der Waals surface area contributed by atoms with Gasteiger partial charge in [-0.3, -0.25) is 0 Å². The molecular weight excluding hydrogens is 250 g/mol. The molecule has 106 valence electrons. The van der Waals surface area contributed by atoms with Gasteiger partial charge < -0.3 is 15.2 Å². The lowest BCUT2D eigenvalue weighted by molar-refractivity contribution is 0.411. The van der Waals surface area contributed by atoms with Gasteiger partial charge in [0.15, 0.2) is 0 Å². The van der Waals surface area contributed by atoms with Gasteiger partial charge in [-0.1, -0.05) is 32.9 Å². The van der Waals surface area contributed by atoms with Crippen molar-refractivity contribution in [2.24, 2.45) is 0 Å². The molecule has 0 fully saturated rings. The average Bonchev–Trinajstić information content (AvgIpc) is 2.40. The Balaban J connectivity index is 2.26. The lowest BCUT2D eigenvalue weighted by Gasteiger charge is -2.19. The summed E-state index contributed by atoms with van der Waals surface area (Å²) in [6, 6.07) is 13.5. The molecule has 0 aliphatic heterocycles. The molecule has 0 bridgehead atoms. The summed E-state index contributed by atoms with van der Waals surface area (Å²) >= 11 is 0. The number of hydrogen-bond acceptors (Lipinski definition) is 3. The molecule has 20 heavy (non-hydrogen) atoms. The van der Waals surface area contributed by atoms with Gasteiger partial charge in [0.2, 0.25) is 0 Å². The van der Waals surface area contributed by atoms with Crippen LogP contribution in [0.5, 0.6) is 17.2 Å². The van der Waals surface area contributed by atoms with Gasteiger partial charge in [0.05, 0.1) is 12.8 Å². The molecule has 0 aromatic heterocycles. The zero-order chi connectivity index (χ0) is 14.8. The van der Waals surface area contributed by atoms with E-state index in [2.05, 4.69) is 32.9 Å². The second-order valence-electron chi connectivity index (χ2n) is 5.78. The van der Waals surface area contributed by atoms with E-state index in [4.69, 9.17) is 15.2 Å². The van der Waals surface area contributed by atoms with E-state index in [-0.39, 0.29) is 5.41 Å².